The topological polar surface area (TPSA) is 38.7 Å². The van der Waals surface area contributed by atoms with Crippen LogP contribution >= 0.6 is 0 Å². The maximum absolute atomic E-state index is 9.01. The van der Waals surface area contributed by atoms with Crippen LogP contribution in [0, 0.1) is 0 Å². The van der Waals surface area contributed by atoms with Crippen LogP contribution in [0.2, 0.25) is 0 Å². The van der Waals surface area contributed by atoms with Gasteiger partial charge in [0.15, 0.2) is 6.10 Å². The zero-order valence-corrected chi connectivity index (χ0v) is 5.81. The van der Waals surface area contributed by atoms with Gasteiger partial charge in [-0.3, -0.25) is 0 Å². The summed E-state index contributed by atoms with van der Waals surface area (Å²) in [5.74, 6) is 0. The summed E-state index contributed by atoms with van der Waals surface area (Å²) in [7, 11) is 0. The molecule has 0 spiro atoms. The molecule has 11 heavy (non-hydrogen) atoms. The van der Waals surface area contributed by atoms with Gasteiger partial charge in [0.2, 0.25) is 6.29 Å². The molecule has 0 radical (unpaired) electrons. The largest absolute Gasteiger partial charge is 0.363 e. The maximum atomic E-state index is 9.01. The summed E-state index contributed by atoms with van der Waals surface area (Å²) in [4.78, 5) is 9.03. The summed E-state index contributed by atoms with van der Waals surface area (Å²) < 4.78 is 0. The van der Waals surface area contributed by atoms with Crippen LogP contribution in [-0.2, 0) is 9.78 Å². The summed E-state index contributed by atoms with van der Waals surface area (Å²) in [6.07, 6.45) is -1.12. The summed E-state index contributed by atoms with van der Waals surface area (Å²) in [6, 6.07) is 9.47. The Morgan fingerprint density at radius 2 is 1.82 bits per heavy atom. The van der Waals surface area contributed by atoms with E-state index in [1.807, 2.05) is 30.3 Å². The molecular weight excluding hydrogens is 144 g/mol. The van der Waals surface area contributed by atoms with Crippen molar-refractivity contribution in [3.05, 3.63) is 35.9 Å². The molecule has 0 aromatic heterocycles. The minimum absolute atomic E-state index is 0.309. The summed E-state index contributed by atoms with van der Waals surface area (Å²) in [5, 5.41) is 9.01. The lowest BCUT2D eigenvalue weighted by molar-refractivity contribution is -0.517. The molecule has 1 saturated heterocycles. The van der Waals surface area contributed by atoms with Crippen LogP contribution in [0.3, 0.4) is 0 Å². The van der Waals surface area contributed by atoms with Crippen LogP contribution in [0.1, 0.15) is 11.7 Å². The van der Waals surface area contributed by atoms with Gasteiger partial charge in [0, 0.05) is 0 Å². The molecule has 1 aromatic carbocycles. The van der Waals surface area contributed by atoms with Crippen LogP contribution in [0.4, 0.5) is 0 Å². The van der Waals surface area contributed by atoms with Gasteiger partial charge in [-0.15, -0.1) is 0 Å². The van der Waals surface area contributed by atoms with E-state index in [-0.39, 0.29) is 6.10 Å². The van der Waals surface area contributed by atoms with E-state index in [2.05, 4.69) is 9.78 Å². The number of aliphatic hydroxyl groups excluding tert-OH is 1. The molecule has 0 amide bonds. The molecule has 1 aliphatic rings. The molecule has 58 valence electrons. The van der Waals surface area contributed by atoms with Crippen molar-refractivity contribution in [2.75, 3.05) is 0 Å². The van der Waals surface area contributed by atoms with Gasteiger partial charge >= 0.3 is 0 Å². The van der Waals surface area contributed by atoms with Crippen LogP contribution in [-0.4, -0.2) is 11.4 Å². The SMILES string of the molecule is OC1OOC1c1ccccc1. The highest BCUT2D eigenvalue weighted by Crippen LogP contribution is 2.30. The lowest BCUT2D eigenvalue weighted by Crippen LogP contribution is -2.34. The molecule has 1 N–H and O–H groups in total. The minimum atomic E-state index is -0.808. The number of benzene rings is 1. The number of aliphatic hydroxyl groups is 1. The Kier molecular flexibility index (Phi) is 1.62. The molecule has 0 bridgehead atoms. The fourth-order valence-corrected chi connectivity index (χ4v) is 1.02. The molecule has 1 aromatic rings. The second kappa shape index (κ2) is 2.62. The molecule has 1 heterocycles. The highest BCUT2D eigenvalue weighted by Gasteiger charge is 2.34. The predicted octanol–water partition coefficient (Wildman–Crippen LogP) is 1.01. The minimum Gasteiger partial charge on any atom is -0.363 e. The average molecular weight is 152 g/mol. The van der Waals surface area contributed by atoms with Crippen molar-refractivity contribution in [1.82, 2.24) is 0 Å². The van der Waals surface area contributed by atoms with E-state index in [4.69, 9.17) is 5.11 Å². The fraction of sp³-hybridized carbons (Fsp3) is 0.250. The molecule has 3 heteroatoms. The Labute approximate surface area is 64.1 Å². The van der Waals surface area contributed by atoms with E-state index in [9.17, 15) is 0 Å². The summed E-state index contributed by atoms with van der Waals surface area (Å²) in [5.41, 5.74) is 0.936. The van der Waals surface area contributed by atoms with E-state index >= 15 is 0 Å². The molecular formula is C8H8O3. The Morgan fingerprint density at radius 1 is 1.09 bits per heavy atom. The normalized spacial score (nSPS) is 29.5. The molecule has 2 rings (SSSR count). The van der Waals surface area contributed by atoms with Gasteiger partial charge in [-0.1, -0.05) is 30.3 Å². The van der Waals surface area contributed by atoms with Gasteiger partial charge < -0.3 is 5.11 Å². The fourth-order valence-electron chi connectivity index (χ4n) is 1.02. The van der Waals surface area contributed by atoms with Crippen molar-refractivity contribution in [1.29, 1.82) is 0 Å². The highest BCUT2D eigenvalue weighted by atomic mass is 17.3. The van der Waals surface area contributed by atoms with E-state index in [0.717, 1.165) is 5.56 Å². The van der Waals surface area contributed by atoms with Crippen molar-refractivity contribution < 1.29 is 14.9 Å². The van der Waals surface area contributed by atoms with Crippen molar-refractivity contribution in [2.24, 2.45) is 0 Å². The monoisotopic (exact) mass is 152 g/mol. The highest BCUT2D eigenvalue weighted by molar-refractivity contribution is 5.18. The van der Waals surface area contributed by atoms with E-state index < -0.39 is 6.29 Å². The predicted molar refractivity (Wildman–Crippen MR) is 37.4 cm³/mol. The van der Waals surface area contributed by atoms with Crippen molar-refractivity contribution in [2.45, 2.75) is 12.4 Å². The Morgan fingerprint density at radius 3 is 2.27 bits per heavy atom. The van der Waals surface area contributed by atoms with Crippen molar-refractivity contribution in [3.8, 4) is 0 Å². The first-order chi connectivity index (χ1) is 5.38. The van der Waals surface area contributed by atoms with Gasteiger partial charge in [-0.2, -0.15) is 0 Å². The van der Waals surface area contributed by atoms with Crippen molar-refractivity contribution in [3.63, 3.8) is 0 Å². The van der Waals surface area contributed by atoms with E-state index in [1.165, 1.54) is 0 Å². The van der Waals surface area contributed by atoms with Gasteiger partial charge in [0.05, 0.1) is 0 Å². The maximum Gasteiger partial charge on any atom is 0.222 e. The van der Waals surface area contributed by atoms with Gasteiger partial charge in [-0.25, -0.2) is 9.78 Å². The van der Waals surface area contributed by atoms with Crippen LogP contribution < -0.4 is 0 Å². The lowest BCUT2D eigenvalue weighted by atomic mass is 10.1. The second-order valence-corrected chi connectivity index (χ2v) is 2.41. The first-order valence-electron chi connectivity index (χ1n) is 3.43. The standard InChI is InChI=1S/C8H8O3/c9-8-7(10-11-8)6-4-2-1-3-5-6/h1-5,7-9H. The zero-order chi connectivity index (χ0) is 7.68. The van der Waals surface area contributed by atoms with Crippen molar-refractivity contribution >= 4 is 0 Å². The first-order valence-corrected chi connectivity index (χ1v) is 3.43. The molecule has 0 saturated carbocycles. The molecule has 0 aliphatic carbocycles. The molecule has 1 fully saturated rings. The zero-order valence-electron chi connectivity index (χ0n) is 5.81. The third kappa shape index (κ3) is 1.14. The Hall–Kier alpha value is -0.900. The smallest absolute Gasteiger partial charge is 0.222 e. The van der Waals surface area contributed by atoms with Crippen LogP contribution in [0.15, 0.2) is 30.3 Å². The number of rotatable bonds is 1. The van der Waals surface area contributed by atoms with Gasteiger partial charge in [0.25, 0.3) is 0 Å². The summed E-state index contributed by atoms with van der Waals surface area (Å²) in [6.45, 7) is 0. The molecule has 2 atom stereocenters. The second-order valence-electron chi connectivity index (χ2n) is 2.41. The van der Waals surface area contributed by atoms with Crippen LogP contribution in [0.5, 0.6) is 0 Å². The van der Waals surface area contributed by atoms with Gasteiger partial charge in [-0.05, 0) is 5.56 Å². The quantitative estimate of drug-likeness (QED) is 0.610. The lowest BCUT2D eigenvalue weighted by Gasteiger charge is -2.30. The van der Waals surface area contributed by atoms with E-state index in [1.54, 1.807) is 0 Å². The first kappa shape index (κ1) is 6.79. The van der Waals surface area contributed by atoms with Gasteiger partial charge in [0.1, 0.15) is 0 Å². The molecule has 2 unspecified atom stereocenters. The number of hydrogen-bond acceptors (Lipinski definition) is 3. The summed E-state index contributed by atoms with van der Waals surface area (Å²) >= 11 is 0. The molecule has 3 nitrogen and oxygen atoms in total. The molecule has 1 aliphatic heterocycles. The Balaban J connectivity index is 2.17. The van der Waals surface area contributed by atoms with E-state index in [0.29, 0.717) is 0 Å². The average Bonchev–Trinajstić information content (AvgIpc) is 2.04. The third-order valence-electron chi connectivity index (χ3n) is 1.64. The van der Waals surface area contributed by atoms with Crippen LogP contribution in [0.25, 0.3) is 0 Å². The number of hydrogen-bond donors (Lipinski definition) is 1. The Bertz CT molecular complexity index is 234. The third-order valence-corrected chi connectivity index (χ3v) is 1.64.